The average molecular weight is 631 g/mol. The highest BCUT2D eigenvalue weighted by atomic mass is 32.2. The Morgan fingerprint density at radius 1 is 1.14 bits per heavy atom. The van der Waals surface area contributed by atoms with Gasteiger partial charge in [-0.1, -0.05) is 13.3 Å². The number of aryl methyl sites for hydroxylation is 1. The Morgan fingerprint density at radius 3 is 2.41 bits per heavy atom. The van der Waals surface area contributed by atoms with Gasteiger partial charge >= 0.3 is 0 Å². The van der Waals surface area contributed by atoms with Crippen molar-refractivity contribution >= 4 is 27.5 Å². The third-order valence-electron chi connectivity index (χ3n) is 9.50. The highest BCUT2D eigenvalue weighted by Crippen LogP contribution is 2.36. The van der Waals surface area contributed by atoms with E-state index in [0.717, 1.165) is 41.7 Å². The Kier molecular flexibility index (Phi) is 9.69. The number of likely N-dealkylation sites (tertiary alicyclic amines) is 1. The summed E-state index contributed by atoms with van der Waals surface area (Å²) in [6.45, 7) is 9.65. The summed E-state index contributed by atoms with van der Waals surface area (Å²) in [7, 11) is -3.36. The molecule has 4 heterocycles. The molecular weight excluding hydrogens is 584 g/mol. The predicted molar refractivity (Wildman–Crippen MR) is 167 cm³/mol. The molecule has 3 N–H and O–H groups in total. The van der Waals surface area contributed by atoms with Crippen molar-refractivity contribution < 1.29 is 27.9 Å². The Labute approximate surface area is 260 Å². The summed E-state index contributed by atoms with van der Waals surface area (Å²) in [6, 6.07) is 6.17. The molecule has 12 nitrogen and oxygen atoms in total. The Morgan fingerprint density at radius 2 is 1.80 bits per heavy atom. The zero-order valence-electron chi connectivity index (χ0n) is 26.2. The number of ether oxygens (including phenoxy) is 1. The molecule has 3 aliphatic rings. The lowest BCUT2D eigenvalue weighted by Crippen LogP contribution is -2.75. The number of aromatic nitrogens is 2. The molecule has 3 aliphatic heterocycles. The third-order valence-corrected chi connectivity index (χ3v) is 10.1. The molecule has 1 aromatic heterocycles. The van der Waals surface area contributed by atoms with E-state index in [9.17, 15) is 23.1 Å². The summed E-state index contributed by atoms with van der Waals surface area (Å²) in [5, 5.41) is 18.9. The zero-order chi connectivity index (χ0) is 31.6. The molecule has 0 saturated carbocycles. The predicted octanol–water partition coefficient (Wildman–Crippen LogP) is 2.11. The number of nitrogens with one attached hydrogen (secondary N) is 2. The number of nitrogens with zero attached hydrogens (tertiary/aromatic N) is 4. The minimum atomic E-state index is -3.36. The maximum absolute atomic E-state index is 13.9. The van der Waals surface area contributed by atoms with Gasteiger partial charge in [-0.25, -0.2) is 13.1 Å². The maximum atomic E-state index is 13.9. The number of aliphatic hydroxyl groups excluding tert-OH is 1. The normalized spacial score (nSPS) is 22.3. The molecule has 2 atom stereocenters. The van der Waals surface area contributed by atoms with Crippen LogP contribution in [0.4, 0.5) is 5.69 Å². The van der Waals surface area contributed by atoms with Crippen LogP contribution in [0.3, 0.4) is 0 Å². The molecule has 0 aliphatic carbocycles. The van der Waals surface area contributed by atoms with Crippen LogP contribution in [0.2, 0.25) is 0 Å². The van der Waals surface area contributed by atoms with Gasteiger partial charge in [0.2, 0.25) is 21.8 Å². The Hall–Kier alpha value is -3.00. The standard InChI is InChI=1S/C31H46N6O6S/c1-5-6-15-36-29(39)27(28(38)23-11-18-43-19-12-23)32-30(40)31(36)13-16-35(17-14-31)20-26-21(2)33-37(22(26)3)25-9-7-24(8-10-25)34-44(4,41)42/h7-10,23,27-28,34,38H,5-6,11-20H2,1-4H3,(H,32,40)/t27-,28-/m1/s1. The van der Waals surface area contributed by atoms with Crippen LogP contribution in [0, 0.1) is 19.8 Å². The lowest BCUT2D eigenvalue weighted by atomic mass is 9.79. The highest BCUT2D eigenvalue weighted by molar-refractivity contribution is 7.92. The molecule has 3 fully saturated rings. The van der Waals surface area contributed by atoms with Crippen LogP contribution in [0.25, 0.3) is 5.69 Å². The second-order valence-electron chi connectivity index (χ2n) is 12.5. The van der Waals surface area contributed by atoms with E-state index in [1.165, 1.54) is 0 Å². The van der Waals surface area contributed by atoms with Gasteiger partial charge in [0.05, 0.1) is 23.7 Å². The first-order valence-electron chi connectivity index (χ1n) is 15.7. The smallest absolute Gasteiger partial charge is 0.248 e. The van der Waals surface area contributed by atoms with Crippen LogP contribution in [-0.2, 0) is 30.9 Å². The van der Waals surface area contributed by atoms with Crippen LogP contribution >= 0.6 is 0 Å². The van der Waals surface area contributed by atoms with E-state index >= 15 is 0 Å². The van der Waals surface area contributed by atoms with Crippen molar-refractivity contribution in [2.45, 2.75) is 83.5 Å². The van der Waals surface area contributed by atoms with Gasteiger partial charge in [-0.15, -0.1) is 0 Å². The molecule has 2 amide bonds. The molecule has 0 unspecified atom stereocenters. The van der Waals surface area contributed by atoms with Gasteiger partial charge in [0.25, 0.3) is 0 Å². The number of piperidine rings is 1. The molecule has 242 valence electrons. The lowest BCUT2D eigenvalue weighted by molar-refractivity contribution is -0.166. The van der Waals surface area contributed by atoms with Crippen molar-refractivity contribution in [2.75, 3.05) is 43.8 Å². The summed E-state index contributed by atoms with van der Waals surface area (Å²) >= 11 is 0. The number of piperazine rings is 1. The van der Waals surface area contributed by atoms with Crippen molar-refractivity contribution in [3.05, 3.63) is 41.2 Å². The number of hydrogen-bond acceptors (Lipinski definition) is 8. The van der Waals surface area contributed by atoms with Gasteiger partial charge in [0.15, 0.2) is 0 Å². The molecule has 0 bridgehead atoms. The number of rotatable bonds is 10. The number of benzene rings is 1. The fraction of sp³-hybridized carbons (Fsp3) is 0.645. The summed E-state index contributed by atoms with van der Waals surface area (Å²) < 4.78 is 32.9. The lowest BCUT2D eigenvalue weighted by Gasteiger charge is -2.52. The van der Waals surface area contributed by atoms with Gasteiger partial charge in [-0.05, 0) is 76.1 Å². The first-order chi connectivity index (χ1) is 20.9. The van der Waals surface area contributed by atoms with E-state index in [0.29, 0.717) is 70.8 Å². The average Bonchev–Trinajstić information content (AvgIpc) is 3.28. The zero-order valence-corrected chi connectivity index (χ0v) is 27.0. The number of hydrogen-bond donors (Lipinski definition) is 3. The minimum Gasteiger partial charge on any atom is -0.390 e. The van der Waals surface area contributed by atoms with Crippen molar-refractivity contribution in [1.29, 1.82) is 0 Å². The SMILES string of the molecule is CCCCN1C(=O)[C@@H]([C@H](O)C2CCOCC2)NC(=O)C12CCN(Cc1c(C)nn(-c3ccc(NS(C)(=O)=O)cc3)c1C)CC2. The van der Waals surface area contributed by atoms with Gasteiger partial charge in [-0.2, -0.15) is 5.10 Å². The van der Waals surface area contributed by atoms with E-state index in [2.05, 4.69) is 21.9 Å². The van der Waals surface area contributed by atoms with E-state index in [1.807, 2.05) is 30.7 Å². The molecule has 2 aromatic rings. The van der Waals surface area contributed by atoms with E-state index in [-0.39, 0.29) is 17.7 Å². The van der Waals surface area contributed by atoms with Crippen molar-refractivity contribution in [3.63, 3.8) is 0 Å². The maximum Gasteiger partial charge on any atom is 0.248 e. The van der Waals surface area contributed by atoms with Crippen LogP contribution < -0.4 is 10.0 Å². The van der Waals surface area contributed by atoms with E-state index in [4.69, 9.17) is 9.84 Å². The molecular formula is C31H46N6O6S. The van der Waals surface area contributed by atoms with Crippen LogP contribution in [0.5, 0.6) is 0 Å². The van der Waals surface area contributed by atoms with E-state index < -0.39 is 27.7 Å². The van der Waals surface area contributed by atoms with Crippen LogP contribution in [0.1, 0.15) is 62.4 Å². The number of aliphatic hydroxyl groups is 1. The Bertz CT molecular complexity index is 1440. The monoisotopic (exact) mass is 630 g/mol. The van der Waals surface area contributed by atoms with Crippen molar-refractivity contribution in [3.8, 4) is 5.69 Å². The first-order valence-corrected chi connectivity index (χ1v) is 17.6. The summed E-state index contributed by atoms with van der Waals surface area (Å²) in [5.41, 5.74) is 3.40. The molecule has 0 radical (unpaired) electrons. The van der Waals surface area contributed by atoms with Crippen LogP contribution in [-0.4, -0.2) is 102 Å². The molecule has 44 heavy (non-hydrogen) atoms. The largest absolute Gasteiger partial charge is 0.390 e. The van der Waals surface area contributed by atoms with Crippen molar-refractivity contribution in [1.82, 2.24) is 24.9 Å². The first kappa shape index (κ1) is 32.4. The third kappa shape index (κ3) is 6.65. The number of unbranched alkanes of at least 4 members (excludes halogenated alkanes) is 1. The molecule has 1 aromatic carbocycles. The number of carbonyl (C=O) groups excluding carboxylic acids is 2. The molecule has 3 saturated heterocycles. The number of amides is 2. The van der Waals surface area contributed by atoms with E-state index in [1.54, 1.807) is 17.0 Å². The van der Waals surface area contributed by atoms with Gasteiger partial charge in [-0.3, -0.25) is 19.2 Å². The summed E-state index contributed by atoms with van der Waals surface area (Å²) in [6.07, 6.45) is 4.30. The second kappa shape index (κ2) is 13.2. The minimum absolute atomic E-state index is 0.0728. The van der Waals surface area contributed by atoms with Gasteiger partial charge in [0.1, 0.15) is 11.6 Å². The fourth-order valence-corrected chi connectivity index (χ4v) is 7.45. The molecule has 5 rings (SSSR count). The highest BCUT2D eigenvalue weighted by Gasteiger charge is 2.55. The second-order valence-corrected chi connectivity index (χ2v) is 14.3. The number of sulfonamides is 1. The fourth-order valence-electron chi connectivity index (χ4n) is 6.88. The topological polar surface area (TPSA) is 146 Å². The summed E-state index contributed by atoms with van der Waals surface area (Å²) in [5.74, 6) is -0.398. The summed E-state index contributed by atoms with van der Waals surface area (Å²) in [4.78, 5) is 31.8. The number of anilines is 1. The number of carbonyl (C=O) groups is 2. The molecule has 13 heteroatoms. The van der Waals surface area contributed by atoms with Gasteiger partial charge in [0, 0.05) is 56.3 Å². The molecule has 1 spiro atoms. The van der Waals surface area contributed by atoms with Gasteiger partial charge < -0.3 is 20.1 Å². The quantitative estimate of drug-likeness (QED) is 0.362. The van der Waals surface area contributed by atoms with Crippen LogP contribution in [0.15, 0.2) is 24.3 Å². The Balaban J connectivity index is 1.28. The van der Waals surface area contributed by atoms with Crippen molar-refractivity contribution in [2.24, 2.45) is 5.92 Å².